The molecule has 0 rings (SSSR count). The van der Waals surface area contributed by atoms with Crippen molar-refractivity contribution in [1.29, 1.82) is 0 Å². The molecule has 3 heteroatoms. The second-order valence-electron chi connectivity index (χ2n) is 1.54. The Morgan fingerprint density at radius 1 is 1.78 bits per heavy atom. The van der Waals surface area contributed by atoms with E-state index in [-0.39, 0.29) is 5.97 Å². The van der Waals surface area contributed by atoms with Gasteiger partial charge in [-0.25, -0.2) is 4.79 Å². The molecule has 0 spiro atoms. The maximum Gasteiger partial charge on any atom is 0.343 e. The average molecular weight is 240 g/mol. The molecule has 0 N–H and O–H groups in total. The summed E-state index contributed by atoms with van der Waals surface area (Å²) in [6, 6.07) is 0. The summed E-state index contributed by atoms with van der Waals surface area (Å²) in [5, 5.41) is 0. The molecule has 0 aliphatic carbocycles. The lowest BCUT2D eigenvalue weighted by Crippen LogP contribution is -2.03. The third kappa shape index (κ3) is 4.44. The second kappa shape index (κ2) is 4.78. The number of esters is 1. The van der Waals surface area contributed by atoms with Crippen molar-refractivity contribution in [2.24, 2.45) is 0 Å². The molecule has 0 aromatic carbocycles. The minimum atomic E-state index is -0.308. The molecule has 0 aromatic heterocycles. The van der Waals surface area contributed by atoms with E-state index >= 15 is 0 Å². The third-order valence-corrected chi connectivity index (χ3v) is 1.10. The zero-order chi connectivity index (χ0) is 7.28. The highest BCUT2D eigenvalue weighted by Gasteiger charge is 2.01. The van der Waals surface area contributed by atoms with Gasteiger partial charge in [-0.05, 0) is 29.0 Å². The molecule has 9 heavy (non-hydrogen) atoms. The Labute approximate surface area is 68.4 Å². The largest absolute Gasteiger partial charge is 0.462 e. The maximum absolute atomic E-state index is 10.6. The Morgan fingerprint density at radius 3 is 2.67 bits per heavy atom. The highest BCUT2D eigenvalue weighted by molar-refractivity contribution is 14.1. The molecule has 0 fully saturated rings. The van der Waals surface area contributed by atoms with E-state index in [0.717, 1.165) is 6.42 Å². The van der Waals surface area contributed by atoms with Gasteiger partial charge < -0.3 is 4.74 Å². The fraction of sp³-hybridized carbons (Fsp3) is 0.500. The van der Waals surface area contributed by atoms with Crippen LogP contribution in [0.3, 0.4) is 0 Å². The smallest absolute Gasteiger partial charge is 0.343 e. The molecule has 0 amide bonds. The molecule has 0 radical (unpaired) electrons. The molecular formula is C6H9IO2. The first-order valence-electron chi connectivity index (χ1n) is 2.70. The van der Waals surface area contributed by atoms with Gasteiger partial charge in [0, 0.05) is 0 Å². The lowest BCUT2D eigenvalue weighted by molar-refractivity contribution is -0.137. The minimum absolute atomic E-state index is 0.308. The number of hydrogen-bond acceptors (Lipinski definition) is 2. The summed E-state index contributed by atoms with van der Waals surface area (Å²) >= 11 is 1.84. The Morgan fingerprint density at radius 2 is 2.33 bits per heavy atom. The molecule has 0 unspecified atom stereocenters. The van der Waals surface area contributed by atoms with Crippen molar-refractivity contribution in [2.75, 3.05) is 6.61 Å². The van der Waals surface area contributed by atoms with Crippen LogP contribution >= 0.6 is 22.6 Å². The topological polar surface area (TPSA) is 26.3 Å². The molecule has 0 saturated heterocycles. The van der Waals surface area contributed by atoms with Crippen LogP contribution < -0.4 is 0 Å². The van der Waals surface area contributed by atoms with E-state index in [1.165, 1.54) is 0 Å². The quantitative estimate of drug-likeness (QED) is 0.427. The van der Waals surface area contributed by atoms with Gasteiger partial charge in [0.05, 0.1) is 10.2 Å². The van der Waals surface area contributed by atoms with E-state index < -0.39 is 0 Å². The molecule has 0 saturated carbocycles. The molecule has 2 nitrogen and oxygen atoms in total. The van der Waals surface area contributed by atoms with E-state index in [0.29, 0.717) is 10.2 Å². The highest BCUT2D eigenvalue weighted by Crippen LogP contribution is 2.03. The van der Waals surface area contributed by atoms with Crippen molar-refractivity contribution >= 4 is 28.6 Å². The number of rotatable bonds is 3. The van der Waals surface area contributed by atoms with Crippen LogP contribution in [-0.4, -0.2) is 12.6 Å². The van der Waals surface area contributed by atoms with Crippen molar-refractivity contribution in [1.82, 2.24) is 0 Å². The summed E-state index contributed by atoms with van der Waals surface area (Å²) in [6.45, 7) is 5.85. The minimum Gasteiger partial charge on any atom is -0.462 e. The molecule has 52 valence electrons. The number of hydrogen-bond donors (Lipinski definition) is 0. The van der Waals surface area contributed by atoms with Crippen LogP contribution in [0.1, 0.15) is 13.3 Å². The van der Waals surface area contributed by atoms with Crippen molar-refractivity contribution in [2.45, 2.75) is 13.3 Å². The average Bonchev–Trinajstić information content (AvgIpc) is 1.82. The molecule has 0 aliphatic rings. The van der Waals surface area contributed by atoms with Crippen molar-refractivity contribution < 1.29 is 9.53 Å². The predicted octanol–water partition coefficient (Wildman–Crippen LogP) is 1.89. The second-order valence-corrected chi connectivity index (χ2v) is 2.84. The number of halogens is 1. The Kier molecular flexibility index (Phi) is 4.75. The molecule has 0 heterocycles. The lowest BCUT2D eigenvalue weighted by Gasteiger charge is -1.98. The van der Waals surface area contributed by atoms with E-state index in [1.807, 2.05) is 29.5 Å². The third-order valence-electron chi connectivity index (χ3n) is 0.659. The molecular weight excluding hydrogens is 231 g/mol. The van der Waals surface area contributed by atoms with Crippen LogP contribution in [0.15, 0.2) is 10.2 Å². The van der Waals surface area contributed by atoms with Gasteiger partial charge in [-0.3, -0.25) is 0 Å². The summed E-state index contributed by atoms with van der Waals surface area (Å²) in [7, 11) is 0. The monoisotopic (exact) mass is 240 g/mol. The van der Waals surface area contributed by atoms with Gasteiger partial charge in [-0.1, -0.05) is 13.5 Å². The highest BCUT2D eigenvalue weighted by atomic mass is 127. The van der Waals surface area contributed by atoms with Crippen LogP contribution in [0.2, 0.25) is 0 Å². The summed E-state index contributed by atoms with van der Waals surface area (Å²) in [5.41, 5.74) is 0. The van der Waals surface area contributed by atoms with Gasteiger partial charge in [0.25, 0.3) is 0 Å². The van der Waals surface area contributed by atoms with Gasteiger partial charge in [0.1, 0.15) is 0 Å². The number of carbonyl (C=O) groups excluding carboxylic acids is 1. The van der Waals surface area contributed by atoms with Gasteiger partial charge in [-0.2, -0.15) is 0 Å². The van der Waals surface area contributed by atoms with Gasteiger partial charge in [0.15, 0.2) is 0 Å². The first-order chi connectivity index (χ1) is 4.18. The summed E-state index contributed by atoms with van der Waals surface area (Å²) in [4.78, 5) is 10.6. The van der Waals surface area contributed by atoms with Crippen molar-refractivity contribution in [3.05, 3.63) is 10.2 Å². The molecule has 0 aliphatic heterocycles. The molecule has 0 bridgehead atoms. The van der Waals surface area contributed by atoms with E-state index in [9.17, 15) is 4.79 Å². The number of ether oxygens (including phenoxy) is 1. The summed E-state index contributed by atoms with van der Waals surface area (Å²) < 4.78 is 5.14. The maximum atomic E-state index is 10.6. The van der Waals surface area contributed by atoms with E-state index in [4.69, 9.17) is 4.74 Å². The van der Waals surface area contributed by atoms with Crippen LogP contribution in [0.5, 0.6) is 0 Å². The fourth-order valence-electron chi connectivity index (χ4n) is 0.273. The summed E-state index contributed by atoms with van der Waals surface area (Å²) in [6.07, 6.45) is 0.857. The molecule has 0 atom stereocenters. The Balaban J connectivity index is 3.39. The zero-order valence-electron chi connectivity index (χ0n) is 5.32. The van der Waals surface area contributed by atoms with E-state index in [1.54, 1.807) is 0 Å². The Hall–Kier alpha value is -0.0600. The van der Waals surface area contributed by atoms with Crippen molar-refractivity contribution in [3.63, 3.8) is 0 Å². The van der Waals surface area contributed by atoms with Crippen LogP contribution in [0.4, 0.5) is 0 Å². The van der Waals surface area contributed by atoms with Gasteiger partial charge >= 0.3 is 5.97 Å². The summed E-state index contributed by atoms with van der Waals surface area (Å²) in [5.74, 6) is -0.308. The fourth-order valence-corrected chi connectivity index (χ4v) is 0.429. The first kappa shape index (κ1) is 8.94. The van der Waals surface area contributed by atoms with Crippen LogP contribution in [-0.2, 0) is 9.53 Å². The SMILES string of the molecule is C=C(I)C(=O)OCCC. The van der Waals surface area contributed by atoms with Gasteiger partial charge in [0.2, 0.25) is 0 Å². The van der Waals surface area contributed by atoms with Crippen LogP contribution in [0, 0.1) is 0 Å². The Bertz CT molecular complexity index is 120. The lowest BCUT2D eigenvalue weighted by atomic mass is 10.5. The van der Waals surface area contributed by atoms with Crippen LogP contribution in [0.25, 0.3) is 0 Å². The standard InChI is InChI=1S/C6H9IO2/c1-3-4-9-6(8)5(2)7/h2-4H2,1H3. The first-order valence-corrected chi connectivity index (χ1v) is 3.78. The predicted molar refractivity (Wildman–Crippen MR) is 44.4 cm³/mol. The molecule has 0 aromatic rings. The van der Waals surface area contributed by atoms with Crippen molar-refractivity contribution in [3.8, 4) is 0 Å². The normalized spacial score (nSPS) is 8.67. The van der Waals surface area contributed by atoms with E-state index in [2.05, 4.69) is 6.58 Å². The van der Waals surface area contributed by atoms with Gasteiger partial charge in [-0.15, -0.1) is 0 Å². The number of carbonyl (C=O) groups is 1. The zero-order valence-corrected chi connectivity index (χ0v) is 7.47.